The predicted octanol–water partition coefficient (Wildman–Crippen LogP) is 2.74. The molecule has 2 N–H and O–H groups in total. The van der Waals surface area contributed by atoms with Gasteiger partial charge in [0.15, 0.2) is 5.76 Å². The number of carbonyl (C=O) groups is 2. The first kappa shape index (κ1) is 14.5. The fourth-order valence-electron chi connectivity index (χ4n) is 2.21. The molecule has 0 saturated carbocycles. The molecule has 0 spiro atoms. The highest BCUT2D eigenvalue weighted by atomic mass is 16.4. The zero-order chi connectivity index (χ0) is 16.4. The van der Waals surface area contributed by atoms with Gasteiger partial charge in [0, 0.05) is 0 Å². The number of hydrogen-bond donors (Lipinski definition) is 2. The fourth-order valence-corrected chi connectivity index (χ4v) is 2.21. The Bertz CT molecular complexity index is 974. The summed E-state index contributed by atoms with van der Waals surface area (Å²) in [5.74, 6) is -2.05. The SMILES string of the molecule is O=C(Nc1ccccc1C(=O)O)c1cc2ccccc2c(=O)o1. The third kappa shape index (κ3) is 2.82. The first-order valence-electron chi connectivity index (χ1n) is 6.73. The zero-order valence-corrected chi connectivity index (χ0v) is 11.8. The van der Waals surface area contributed by atoms with E-state index < -0.39 is 17.5 Å². The van der Waals surface area contributed by atoms with E-state index in [4.69, 9.17) is 9.52 Å². The van der Waals surface area contributed by atoms with E-state index in [1.54, 1.807) is 36.4 Å². The Morgan fingerprint density at radius 3 is 2.48 bits per heavy atom. The number of carbonyl (C=O) groups excluding carboxylic acids is 1. The molecular formula is C17H11NO5. The molecule has 3 aromatic rings. The summed E-state index contributed by atoms with van der Waals surface area (Å²) in [4.78, 5) is 35.3. The van der Waals surface area contributed by atoms with Crippen molar-refractivity contribution in [3.05, 3.63) is 76.3 Å². The van der Waals surface area contributed by atoms with Crippen LogP contribution >= 0.6 is 0 Å². The van der Waals surface area contributed by atoms with Gasteiger partial charge in [-0.15, -0.1) is 0 Å². The molecule has 0 radical (unpaired) electrons. The molecule has 2 aromatic carbocycles. The summed E-state index contributed by atoms with van der Waals surface area (Å²) in [7, 11) is 0. The van der Waals surface area contributed by atoms with Crippen LogP contribution in [-0.2, 0) is 0 Å². The minimum atomic E-state index is -1.17. The molecule has 3 rings (SSSR count). The third-order valence-electron chi connectivity index (χ3n) is 3.30. The summed E-state index contributed by atoms with van der Waals surface area (Å²) in [6.45, 7) is 0. The number of rotatable bonds is 3. The second-order valence-electron chi connectivity index (χ2n) is 4.79. The Morgan fingerprint density at radius 2 is 1.70 bits per heavy atom. The van der Waals surface area contributed by atoms with Gasteiger partial charge in [-0.1, -0.05) is 30.3 Å². The Kier molecular flexibility index (Phi) is 3.64. The molecule has 0 saturated heterocycles. The largest absolute Gasteiger partial charge is 0.478 e. The number of fused-ring (bicyclic) bond motifs is 1. The first-order chi connectivity index (χ1) is 11.1. The van der Waals surface area contributed by atoms with Gasteiger partial charge in [0.1, 0.15) is 0 Å². The predicted molar refractivity (Wildman–Crippen MR) is 83.8 cm³/mol. The lowest BCUT2D eigenvalue weighted by Crippen LogP contribution is -2.16. The van der Waals surface area contributed by atoms with Gasteiger partial charge >= 0.3 is 11.6 Å². The summed E-state index contributed by atoms with van der Waals surface area (Å²) >= 11 is 0. The Balaban J connectivity index is 1.99. The molecule has 0 aliphatic heterocycles. The topological polar surface area (TPSA) is 96.6 Å². The Morgan fingerprint density at radius 1 is 1.00 bits per heavy atom. The van der Waals surface area contributed by atoms with Crippen molar-refractivity contribution in [2.75, 3.05) is 5.32 Å². The highest BCUT2D eigenvalue weighted by Gasteiger charge is 2.16. The minimum absolute atomic E-state index is 0.0519. The van der Waals surface area contributed by atoms with Gasteiger partial charge in [-0.25, -0.2) is 9.59 Å². The van der Waals surface area contributed by atoms with E-state index in [-0.39, 0.29) is 17.0 Å². The number of benzene rings is 2. The highest BCUT2D eigenvalue weighted by molar-refractivity contribution is 6.07. The normalized spacial score (nSPS) is 10.4. The monoisotopic (exact) mass is 309 g/mol. The third-order valence-corrected chi connectivity index (χ3v) is 3.30. The van der Waals surface area contributed by atoms with Crippen LogP contribution in [-0.4, -0.2) is 17.0 Å². The lowest BCUT2D eigenvalue weighted by atomic mass is 10.1. The van der Waals surface area contributed by atoms with Crippen LogP contribution in [0.5, 0.6) is 0 Å². The number of hydrogen-bond acceptors (Lipinski definition) is 4. The molecule has 0 aliphatic rings. The van der Waals surface area contributed by atoms with Gasteiger partial charge in [0.05, 0.1) is 16.6 Å². The van der Waals surface area contributed by atoms with Gasteiger partial charge < -0.3 is 14.8 Å². The van der Waals surface area contributed by atoms with Crippen molar-refractivity contribution >= 4 is 28.3 Å². The number of nitrogens with one attached hydrogen (secondary N) is 1. The molecule has 6 nitrogen and oxygen atoms in total. The maximum atomic E-state index is 12.2. The Labute approximate surface area is 130 Å². The smallest absolute Gasteiger partial charge is 0.344 e. The molecule has 0 atom stereocenters. The lowest BCUT2D eigenvalue weighted by Gasteiger charge is -2.07. The number of amides is 1. The molecule has 0 unspecified atom stereocenters. The number of para-hydroxylation sites is 1. The average Bonchev–Trinajstić information content (AvgIpc) is 2.55. The average molecular weight is 309 g/mol. The van der Waals surface area contributed by atoms with Crippen LogP contribution in [0.15, 0.2) is 63.8 Å². The number of carboxylic acid groups (broad SMARTS) is 1. The summed E-state index contributed by atoms with van der Waals surface area (Å²) < 4.78 is 5.01. The second-order valence-corrected chi connectivity index (χ2v) is 4.79. The summed E-state index contributed by atoms with van der Waals surface area (Å²) in [5.41, 5.74) is -0.551. The molecule has 0 aliphatic carbocycles. The van der Waals surface area contributed by atoms with Crippen LogP contribution in [0.3, 0.4) is 0 Å². The van der Waals surface area contributed by atoms with Crippen LogP contribution in [0.1, 0.15) is 20.9 Å². The van der Waals surface area contributed by atoms with Crippen LogP contribution in [0.25, 0.3) is 10.8 Å². The van der Waals surface area contributed by atoms with Gasteiger partial charge in [-0.2, -0.15) is 0 Å². The van der Waals surface area contributed by atoms with E-state index in [2.05, 4.69) is 5.32 Å². The molecule has 1 amide bonds. The number of anilines is 1. The van der Waals surface area contributed by atoms with Crippen LogP contribution in [0.2, 0.25) is 0 Å². The van der Waals surface area contributed by atoms with E-state index in [1.165, 1.54) is 18.2 Å². The summed E-state index contributed by atoms with van der Waals surface area (Å²) in [5, 5.41) is 12.5. The fraction of sp³-hybridized carbons (Fsp3) is 0. The van der Waals surface area contributed by atoms with Crippen molar-refractivity contribution in [2.45, 2.75) is 0 Å². The van der Waals surface area contributed by atoms with Crippen LogP contribution in [0, 0.1) is 0 Å². The van der Waals surface area contributed by atoms with E-state index in [0.717, 1.165) is 0 Å². The quantitative estimate of drug-likeness (QED) is 0.775. The van der Waals surface area contributed by atoms with Crippen LogP contribution < -0.4 is 10.9 Å². The Hall–Kier alpha value is -3.41. The standard InChI is InChI=1S/C17H11NO5/c19-15(18-13-8-4-3-7-12(13)16(20)21)14-9-10-5-1-2-6-11(10)17(22)23-14/h1-9H,(H,18,19)(H,20,21). The maximum absolute atomic E-state index is 12.2. The highest BCUT2D eigenvalue weighted by Crippen LogP contribution is 2.17. The summed E-state index contributed by atoms with van der Waals surface area (Å²) in [6.07, 6.45) is 0. The maximum Gasteiger partial charge on any atom is 0.344 e. The second kappa shape index (κ2) is 5.76. The molecule has 114 valence electrons. The van der Waals surface area contributed by atoms with Crippen molar-refractivity contribution in [3.63, 3.8) is 0 Å². The molecule has 6 heteroatoms. The van der Waals surface area contributed by atoms with Crippen molar-refractivity contribution in [1.82, 2.24) is 0 Å². The van der Waals surface area contributed by atoms with Crippen LogP contribution in [0.4, 0.5) is 5.69 Å². The van der Waals surface area contributed by atoms with Gasteiger partial charge in [0.25, 0.3) is 5.91 Å². The van der Waals surface area contributed by atoms with Crippen molar-refractivity contribution in [3.8, 4) is 0 Å². The van der Waals surface area contributed by atoms with E-state index >= 15 is 0 Å². The van der Waals surface area contributed by atoms with E-state index in [1.807, 2.05) is 0 Å². The van der Waals surface area contributed by atoms with Gasteiger partial charge in [0.2, 0.25) is 0 Å². The first-order valence-corrected chi connectivity index (χ1v) is 6.73. The van der Waals surface area contributed by atoms with Crippen molar-refractivity contribution in [2.24, 2.45) is 0 Å². The molecule has 23 heavy (non-hydrogen) atoms. The number of aromatic carboxylic acids is 1. The minimum Gasteiger partial charge on any atom is -0.478 e. The van der Waals surface area contributed by atoms with Gasteiger partial charge in [-0.3, -0.25) is 4.79 Å². The van der Waals surface area contributed by atoms with E-state index in [9.17, 15) is 14.4 Å². The van der Waals surface area contributed by atoms with E-state index in [0.29, 0.717) is 10.8 Å². The lowest BCUT2D eigenvalue weighted by molar-refractivity contribution is 0.0698. The summed E-state index contributed by atoms with van der Waals surface area (Å²) in [6, 6.07) is 14.1. The zero-order valence-electron chi connectivity index (χ0n) is 11.8. The van der Waals surface area contributed by atoms with Crippen molar-refractivity contribution in [1.29, 1.82) is 0 Å². The van der Waals surface area contributed by atoms with Crippen molar-refractivity contribution < 1.29 is 19.1 Å². The van der Waals surface area contributed by atoms with Gasteiger partial charge in [-0.05, 0) is 29.7 Å². The molecule has 1 aromatic heterocycles. The molecule has 1 heterocycles. The number of carboxylic acids is 1. The molecular weight excluding hydrogens is 298 g/mol. The molecule has 0 bridgehead atoms. The molecule has 0 fully saturated rings.